The molecule has 2 aliphatic rings. The number of nitrogens with two attached hydrogens (primary N) is 1. The number of carbonyl (C=O) groups excluding carboxylic acids is 1. The number of hydrogen-bond donors (Lipinski definition) is 3. The van der Waals surface area contributed by atoms with Crippen LogP contribution >= 0.6 is 11.8 Å². The molecule has 2 aromatic carbocycles. The minimum atomic E-state index is -0.941. The number of phenolic OH excluding ortho intramolecular Hbond substituents is 1. The maximum Gasteiger partial charge on any atom is 0.248 e. The molecule has 0 bridgehead atoms. The number of benzene rings is 2. The van der Waals surface area contributed by atoms with Crippen LogP contribution in [0, 0.1) is 12.8 Å². The average Bonchev–Trinajstić information content (AvgIpc) is 2.95. The number of phenols is 1. The smallest absolute Gasteiger partial charge is 0.248 e. The third-order valence-corrected chi connectivity index (χ3v) is 6.86. The number of thioether (sulfide) groups is 1. The molecule has 36 heavy (non-hydrogen) atoms. The number of aliphatic hydroxyl groups is 1. The molecule has 1 amide bonds. The molecule has 1 atom stereocenters. The zero-order chi connectivity index (χ0) is 26.0. The minimum absolute atomic E-state index is 0.196. The molecule has 0 spiro atoms. The van der Waals surface area contributed by atoms with E-state index in [1.165, 1.54) is 11.8 Å². The second-order valence-corrected chi connectivity index (χ2v) is 11.1. The van der Waals surface area contributed by atoms with E-state index in [-0.39, 0.29) is 18.2 Å². The predicted octanol–water partition coefficient (Wildman–Crippen LogP) is 5.09. The molecule has 0 saturated heterocycles. The van der Waals surface area contributed by atoms with Crippen LogP contribution in [0.1, 0.15) is 55.1 Å². The number of rotatable bonds is 5. The number of hydrogen-bond acceptors (Lipinski definition) is 7. The van der Waals surface area contributed by atoms with Crippen LogP contribution in [0.5, 0.6) is 5.75 Å². The van der Waals surface area contributed by atoms with Crippen LogP contribution in [0.2, 0.25) is 0 Å². The van der Waals surface area contributed by atoms with E-state index in [0.717, 1.165) is 44.6 Å². The molecular formula is C28H32N4O3S. The molecule has 4 rings (SSSR count). The summed E-state index contributed by atoms with van der Waals surface area (Å²) in [5, 5.41) is 28.0. The lowest BCUT2D eigenvalue weighted by molar-refractivity contribution is 0.0903. The van der Waals surface area contributed by atoms with Gasteiger partial charge in [-0.2, -0.15) is 5.10 Å². The molecule has 4 N–H and O–H groups in total. The second kappa shape index (κ2) is 10.3. The number of aryl methyl sites for hydroxylation is 1. The molecule has 0 radical (unpaired) electrons. The van der Waals surface area contributed by atoms with Crippen molar-refractivity contribution in [3.05, 3.63) is 77.0 Å². The van der Waals surface area contributed by atoms with Crippen molar-refractivity contribution in [3.8, 4) is 5.75 Å². The van der Waals surface area contributed by atoms with Gasteiger partial charge in [0.15, 0.2) is 0 Å². The van der Waals surface area contributed by atoms with Crippen molar-refractivity contribution in [3.63, 3.8) is 0 Å². The van der Waals surface area contributed by atoms with Gasteiger partial charge in [-0.05, 0) is 69.0 Å². The number of allylic oxidation sites excluding steroid dienone is 3. The highest BCUT2D eigenvalue weighted by Crippen LogP contribution is 2.37. The van der Waals surface area contributed by atoms with Gasteiger partial charge in [-0.25, -0.2) is 5.01 Å². The fourth-order valence-electron chi connectivity index (χ4n) is 4.13. The molecule has 7 nitrogen and oxygen atoms in total. The number of fused-ring (bicyclic) bond motifs is 1. The number of nitrogens with zero attached hydrogens (tertiary/aromatic N) is 3. The predicted molar refractivity (Wildman–Crippen MR) is 146 cm³/mol. The van der Waals surface area contributed by atoms with Gasteiger partial charge in [0.05, 0.1) is 29.3 Å². The number of amides is 1. The Morgan fingerprint density at radius 3 is 2.69 bits per heavy atom. The fraction of sp³-hybridized carbons (Fsp3) is 0.321. The molecule has 2 aliphatic heterocycles. The first-order chi connectivity index (χ1) is 17.0. The van der Waals surface area contributed by atoms with E-state index in [9.17, 15) is 15.0 Å². The molecule has 0 fully saturated rings. The summed E-state index contributed by atoms with van der Waals surface area (Å²) in [6.07, 6.45) is 5.67. The van der Waals surface area contributed by atoms with Gasteiger partial charge in [0.25, 0.3) is 0 Å². The van der Waals surface area contributed by atoms with Crippen LogP contribution in [0.4, 0.5) is 0 Å². The summed E-state index contributed by atoms with van der Waals surface area (Å²) in [6, 6.07) is 12.7. The molecule has 0 saturated carbocycles. The summed E-state index contributed by atoms with van der Waals surface area (Å²) in [4.78, 5) is 17.5. The largest absolute Gasteiger partial charge is 0.508 e. The first kappa shape index (κ1) is 25.7. The Labute approximate surface area is 216 Å². The zero-order valence-corrected chi connectivity index (χ0v) is 21.8. The van der Waals surface area contributed by atoms with Crippen LogP contribution in [0.15, 0.2) is 75.3 Å². The summed E-state index contributed by atoms with van der Waals surface area (Å²) in [7, 11) is 0. The molecule has 1 unspecified atom stereocenters. The summed E-state index contributed by atoms with van der Waals surface area (Å²) in [5.41, 5.74) is 9.45. The Morgan fingerprint density at radius 1 is 1.25 bits per heavy atom. The second-order valence-electron chi connectivity index (χ2n) is 9.91. The highest BCUT2D eigenvalue weighted by atomic mass is 32.2. The number of aromatic hydroxyl groups is 1. The summed E-state index contributed by atoms with van der Waals surface area (Å²) in [5.74, 6) is -0.00563. The van der Waals surface area contributed by atoms with Gasteiger partial charge in [0, 0.05) is 22.4 Å². The van der Waals surface area contributed by atoms with E-state index in [4.69, 9.17) is 15.8 Å². The van der Waals surface area contributed by atoms with E-state index in [2.05, 4.69) is 19.1 Å². The van der Waals surface area contributed by atoms with Gasteiger partial charge >= 0.3 is 0 Å². The third-order valence-electron chi connectivity index (χ3n) is 5.91. The third kappa shape index (κ3) is 6.06. The van der Waals surface area contributed by atoms with Crippen molar-refractivity contribution in [1.29, 1.82) is 0 Å². The van der Waals surface area contributed by atoms with Gasteiger partial charge in [0.1, 0.15) is 10.8 Å². The zero-order valence-electron chi connectivity index (χ0n) is 21.0. The topological polar surface area (TPSA) is 112 Å². The molecule has 2 aromatic rings. The Bertz CT molecular complexity index is 1300. The van der Waals surface area contributed by atoms with E-state index in [0.29, 0.717) is 12.0 Å². The van der Waals surface area contributed by atoms with Crippen molar-refractivity contribution in [1.82, 2.24) is 5.01 Å². The Hall–Kier alpha value is -3.36. The van der Waals surface area contributed by atoms with Crippen LogP contribution in [-0.4, -0.2) is 44.0 Å². The lowest BCUT2D eigenvalue weighted by Crippen LogP contribution is -2.31. The highest BCUT2D eigenvalue weighted by molar-refractivity contribution is 8.14. The summed E-state index contributed by atoms with van der Waals surface area (Å²) >= 11 is 1.48. The monoisotopic (exact) mass is 504 g/mol. The van der Waals surface area contributed by atoms with Gasteiger partial charge in [0.2, 0.25) is 5.91 Å². The average molecular weight is 505 g/mol. The van der Waals surface area contributed by atoms with Crippen molar-refractivity contribution < 1.29 is 15.0 Å². The van der Waals surface area contributed by atoms with E-state index < -0.39 is 11.5 Å². The lowest BCUT2D eigenvalue weighted by atomic mass is 10.00. The van der Waals surface area contributed by atoms with Gasteiger partial charge < -0.3 is 15.9 Å². The number of aliphatic imine (C=N–C) groups is 1. The number of carbonyl (C=O) groups is 1. The van der Waals surface area contributed by atoms with Crippen molar-refractivity contribution in [2.45, 2.75) is 51.0 Å². The van der Waals surface area contributed by atoms with Gasteiger partial charge in [-0.3, -0.25) is 9.79 Å². The first-order valence-corrected chi connectivity index (χ1v) is 12.8. The van der Waals surface area contributed by atoms with E-state index >= 15 is 0 Å². The first-order valence-electron chi connectivity index (χ1n) is 11.9. The van der Waals surface area contributed by atoms with E-state index in [1.54, 1.807) is 38.1 Å². The molecule has 188 valence electrons. The lowest BCUT2D eigenvalue weighted by Gasteiger charge is -2.31. The highest BCUT2D eigenvalue weighted by Gasteiger charge is 2.30. The van der Waals surface area contributed by atoms with Crippen LogP contribution in [0.25, 0.3) is 5.70 Å². The SMILES string of the molecule is Cc1cc(C2=CC(C)CC=C3C(=NCC(C)(C)O)CC(Sc4cccc(O)c4)=NN32)ccc1C(N)=O. The summed E-state index contributed by atoms with van der Waals surface area (Å²) in [6.45, 7) is 7.77. The maximum absolute atomic E-state index is 11.8. The van der Waals surface area contributed by atoms with Crippen LogP contribution in [-0.2, 0) is 0 Å². The standard InChI is InChI=1S/C28H32N4O3S/c1-17-8-11-24-23(30-16-28(3,4)35)15-26(36-21-7-5-6-20(33)14-21)31-32(24)25(12-17)19-9-10-22(27(29)34)18(2)13-19/h5-7,9-14,17,33,35H,8,15-16H2,1-4H3,(H2,29,34). The normalized spacial score (nSPS) is 19.2. The van der Waals surface area contributed by atoms with Crippen LogP contribution in [0.3, 0.4) is 0 Å². The molecular weight excluding hydrogens is 472 g/mol. The van der Waals surface area contributed by atoms with Crippen molar-refractivity contribution in [2.24, 2.45) is 21.7 Å². The Kier molecular flexibility index (Phi) is 7.38. The quantitative estimate of drug-likeness (QED) is 0.525. The summed E-state index contributed by atoms with van der Waals surface area (Å²) < 4.78 is 0. The molecule has 0 aromatic heterocycles. The number of primary amides is 1. The van der Waals surface area contributed by atoms with Crippen molar-refractivity contribution in [2.75, 3.05) is 6.54 Å². The molecule has 2 heterocycles. The number of hydrazone groups is 1. The molecule has 8 heteroatoms. The maximum atomic E-state index is 11.8. The molecule has 0 aliphatic carbocycles. The minimum Gasteiger partial charge on any atom is -0.508 e. The van der Waals surface area contributed by atoms with Crippen molar-refractivity contribution >= 4 is 34.1 Å². The fourth-order valence-corrected chi connectivity index (χ4v) is 5.06. The Balaban J connectivity index is 1.81. The van der Waals surface area contributed by atoms with Gasteiger partial charge in [-0.15, -0.1) is 0 Å². The van der Waals surface area contributed by atoms with E-state index in [1.807, 2.05) is 30.1 Å². The van der Waals surface area contributed by atoms with Crippen LogP contribution < -0.4 is 5.73 Å². The van der Waals surface area contributed by atoms with Gasteiger partial charge in [-0.1, -0.05) is 43.0 Å². The Morgan fingerprint density at radius 2 is 2.03 bits per heavy atom.